The molecule has 0 aliphatic rings. The largest absolute Gasteiger partial charge is 0.439 e. The van der Waals surface area contributed by atoms with E-state index in [4.69, 9.17) is 4.74 Å². The Morgan fingerprint density at radius 3 is 2.38 bits per heavy atom. The Labute approximate surface area is 134 Å². The van der Waals surface area contributed by atoms with Crippen LogP contribution in [0.25, 0.3) is 0 Å². The molecule has 21 heavy (non-hydrogen) atoms. The van der Waals surface area contributed by atoms with Crippen LogP contribution in [-0.4, -0.2) is 12.0 Å². The Bertz CT molecular complexity index is 603. The lowest BCUT2D eigenvalue weighted by Gasteiger charge is -2.20. The zero-order chi connectivity index (χ0) is 15.5. The molecular weight excluding hydrogens is 328 g/mol. The first kappa shape index (κ1) is 16.0. The van der Waals surface area contributed by atoms with Crippen molar-refractivity contribution in [3.63, 3.8) is 0 Å². The van der Waals surface area contributed by atoms with Crippen LogP contribution in [0.5, 0.6) is 11.6 Å². The van der Waals surface area contributed by atoms with E-state index < -0.39 is 0 Å². The van der Waals surface area contributed by atoms with Crippen LogP contribution in [0.2, 0.25) is 0 Å². The van der Waals surface area contributed by atoms with Crippen molar-refractivity contribution in [3.05, 3.63) is 52.1 Å². The molecule has 0 saturated carbocycles. The van der Waals surface area contributed by atoms with E-state index in [1.165, 1.54) is 5.56 Å². The summed E-state index contributed by atoms with van der Waals surface area (Å²) in [5.74, 6) is 1.42. The van der Waals surface area contributed by atoms with Crippen molar-refractivity contribution in [1.82, 2.24) is 10.3 Å². The number of ether oxygens (including phenoxy) is 1. The van der Waals surface area contributed by atoms with Gasteiger partial charge in [0, 0.05) is 22.5 Å². The summed E-state index contributed by atoms with van der Waals surface area (Å²) in [5, 5.41) is 3.17. The first-order valence-electron chi connectivity index (χ1n) is 6.98. The molecule has 0 aliphatic carbocycles. The standard InChI is InChI=1S/C17H21BrN2O/c1-17(2,3)15-9-12(11-19-4)10-16(20-15)21-14-7-5-13(18)6-8-14/h5-10,19H,11H2,1-4H3. The van der Waals surface area contributed by atoms with Crippen LogP contribution in [0.1, 0.15) is 32.0 Å². The molecule has 0 fully saturated rings. The van der Waals surface area contributed by atoms with E-state index in [9.17, 15) is 0 Å². The number of pyridine rings is 1. The Morgan fingerprint density at radius 2 is 1.81 bits per heavy atom. The van der Waals surface area contributed by atoms with Crippen LogP contribution in [0.15, 0.2) is 40.9 Å². The number of aromatic nitrogens is 1. The Balaban J connectivity index is 2.33. The fourth-order valence-electron chi connectivity index (χ4n) is 1.93. The van der Waals surface area contributed by atoms with Crippen LogP contribution >= 0.6 is 15.9 Å². The van der Waals surface area contributed by atoms with Crippen LogP contribution in [0.4, 0.5) is 0 Å². The number of halogens is 1. The molecular formula is C17H21BrN2O. The molecule has 2 rings (SSSR count). The summed E-state index contributed by atoms with van der Waals surface area (Å²) in [6.07, 6.45) is 0. The molecule has 1 aromatic carbocycles. The number of hydrogen-bond acceptors (Lipinski definition) is 3. The number of rotatable bonds is 4. The van der Waals surface area contributed by atoms with E-state index in [2.05, 4.69) is 53.1 Å². The molecule has 1 heterocycles. The maximum Gasteiger partial charge on any atom is 0.219 e. The molecule has 0 bridgehead atoms. The van der Waals surface area contributed by atoms with Gasteiger partial charge < -0.3 is 10.1 Å². The molecule has 0 saturated heterocycles. The predicted molar refractivity (Wildman–Crippen MR) is 89.9 cm³/mol. The van der Waals surface area contributed by atoms with Gasteiger partial charge in [-0.2, -0.15) is 0 Å². The zero-order valence-electron chi connectivity index (χ0n) is 12.9. The fourth-order valence-corrected chi connectivity index (χ4v) is 2.19. The molecule has 0 radical (unpaired) electrons. The number of benzene rings is 1. The normalized spacial score (nSPS) is 11.5. The SMILES string of the molecule is CNCc1cc(Oc2ccc(Br)cc2)nc(C(C)(C)C)c1. The van der Waals surface area contributed by atoms with E-state index in [1.54, 1.807) is 0 Å². The molecule has 1 aromatic heterocycles. The van der Waals surface area contributed by atoms with Gasteiger partial charge >= 0.3 is 0 Å². The fraction of sp³-hybridized carbons (Fsp3) is 0.353. The molecule has 0 unspecified atom stereocenters. The molecule has 0 atom stereocenters. The van der Waals surface area contributed by atoms with Gasteiger partial charge in [0.05, 0.1) is 5.69 Å². The van der Waals surface area contributed by atoms with Crippen molar-refractivity contribution in [2.45, 2.75) is 32.7 Å². The highest BCUT2D eigenvalue weighted by molar-refractivity contribution is 9.10. The summed E-state index contributed by atoms with van der Waals surface area (Å²) in [6, 6.07) is 11.9. The van der Waals surface area contributed by atoms with Gasteiger partial charge in [-0.15, -0.1) is 0 Å². The van der Waals surface area contributed by atoms with Crippen LogP contribution < -0.4 is 10.1 Å². The molecule has 112 valence electrons. The summed E-state index contributed by atoms with van der Waals surface area (Å²) in [7, 11) is 1.94. The number of hydrogen-bond donors (Lipinski definition) is 1. The lowest BCUT2D eigenvalue weighted by Crippen LogP contribution is -2.15. The molecule has 2 aromatic rings. The van der Waals surface area contributed by atoms with Crippen molar-refractivity contribution >= 4 is 15.9 Å². The quantitative estimate of drug-likeness (QED) is 0.872. The third kappa shape index (κ3) is 4.55. The van der Waals surface area contributed by atoms with E-state index in [0.717, 1.165) is 22.5 Å². The average molecular weight is 349 g/mol. The van der Waals surface area contributed by atoms with E-state index in [1.807, 2.05) is 37.4 Å². The maximum absolute atomic E-state index is 5.90. The van der Waals surface area contributed by atoms with E-state index in [0.29, 0.717) is 5.88 Å². The van der Waals surface area contributed by atoms with Crippen LogP contribution in [0.3, 0.4) is 0 Å². The first-order chi connectivity index (χ1) is 9.88. The van der Waals surface area contributed by atoms with E-state index in [-0.39, 0.29) is 5.41 Å². The lowest BCUT2D eigenvalue weighted by molar-refractivity contribution is 0.450. The highest BCUT2D eigenvalue weighted by Crippen LogP contribution is 2.27. The van der Waals surface area contributed by atoms with Crippen molar-refractivity contribution in [1.29, 1.82) is 0 Å². The highest BCUT2D eigenvalue weighted by atomic mass is 79.9. The monoisotopic (exact) mass is 348 g/mol. The minimum absolute atomic E-state index is 0.0123. The highest BCUT2D eigenvalue weighted by Gasteiger charge is 2.17. The smallest absolute Gasteiger partial charge is 0.219 e. The summed E-state index contributed by atoms with van der Waals surface area (Å²) in [4.78, 5) is 4.64. The van der Waals surface area contributed by atoms with Crippen molar-refractivity contribution in [3.8, 4) is 11.6 Å². The van der Waals surface area contributed by atoms with Gasteiger partial charge in [0.15, 0.2) is 0 Å². The minimum Gasteiger partial charge on any atom is -0.439 e. The number of nitrogens with zero attached hydrogens (tertiary/aromatic N) is 1. The predicted octanol–water partition coefficient (Wildman–Crippen LogP) is 4.65. The average Bonchev–Trinajstić information content (AvgIpc) is 2.41. The molecule has 4 heteroatoms. The molecule has 3 nitrogen and oxygen atoms in total. The van der Waals surface area contributed by atoms with Crippen molar-refractivity contribution < 1.29 is 4.74 Å². The summed E-state index contributed by atoms with van der Waals surface area (Å²) >= 11 is 3.42. The van der Waals surface area contributed by atoms with Crippen LogP contribution in [-0.2, 0) is 12.0 Å². The van der Waals surface area contributed by atoms with Gasteiger partial charge in [-0.3, -0.25) is 0 Å². The van der Waals surface area contributed by atoms with E-state index >= 15 is 0 Å². The van der Waals surface area contributed by atoms with Crippen LogP contribution in [0, 0.1) is 0 Å². The molecule has 0 spiro atoms. The Hall–Kier alpha value is -1.39. The molecule has 0 aliphatic heterocycles. The summed E-state index contributed by atoms with van der Waals surface area (Å²) in [6.45, 7) is 7.26. The second-order valence-electron chi connectivity index (χ2n) is 6.04. The third-order valence-corrected chi connectivity index (χ3v) is 3.58. The Kier molecular flexibility index (Phi) is 5.01. The minimum atomic E-state index is -0.0123. The maximum atomic E-state index is 5.90. The van der Waals surface area contributed by atoms with Gasteiger partial charge in [0.25, 0.3) is 0 Å². The van der Waals surface area contributed by atoms with Gasteiger partial charge in [-0.25, -0.2) is 4.98 Å². The lowest BCUT2D eigenvalue weighted by atomic mass is 9.91. The zero-order valence-corrected chi connectivity index (χ0v) is 14.5. The van der Waals surface area contributed by atoms with Crippen molar-refractivity contribution in [2.75, 3.05) is 7.05 Å². The van der Waals surface area contributed by atoms with Gasteiger partial charge in [0.2, 0.25) is 5.88 Å². The molecule has 0 amide bonds. The van der Waals surface area contributed by atoms with Crippen molar-refractivity contribution in [2.24, 2.45) is 0 Å². The first-order valence-corrected chi connectivity index (χ1v) is 7.77. The second-order valence-corrected chi connectivity index (χ2v) is 6.95. The number of nitrogens with one attached hydrogen (secondary N) is 1. The topological polar surface area (TPSA) is 34.1 Å². The summed E-state index contributed by atoms with van der Waals surface area (Å²) < 4.78 is 6.93. The third-order valence-electron chi connectivity index (χ3n) is 3.05. The summed E-state index contributed by atoms with van der Waals surface area (Å²) in [5.41, 5.74) is 2.19. The Morgan fingerprint density at radius 1 is 1.14 bits per heavy atom. The second kappa shape index (κ2) is 6.58. The molecule has 1 N–H and O–H groups in total. The van der Waals surface area contributed by atoms with Gasteiger partial charge in [0.1, 0.15) is 5.75 Å². The van der Waals surface area contributed by atoms with Gasteiger partial charge in [-0.1, -0.05) is 36.7 Å². The van der Waals surface area contributed by atoms with Gasteiger partial charge in [-0.05, 0) is 42.9 Å².